The van der Waals surface area contributed by atoms with Gasteiger partial charge in [-0.15, -0.1) is 0 Å². The van der Waals surface area contributed by atoms with Gasteiger partial charge in [0.1, 0.15) is 12.1 Å². The number of carbonyl (C=O) groups is 3. The summed E-state index contributed by atoms with van der Waals surface area (Å²) >= 11 is 0. The number of likely N-dealkylation sites (tertiary alicyclic amines) is 1. The Hall–Kier alpha value is -3.35. The summed E-state index contributed by atoms with van der Waals surface area (Å²) in [5.41, 5.74) is 3.35. The molecule has 0 radical (unpaired) electrons. The van der Waals surface area contributed by atoms with Gasteiger partial charge in [-0.25, -0.2) is 4.79 Å². The highest BCUT2D eigenvalue weighted by Crippen LogP contribution is 2.44. The minimum atomic E-state index is -1.18. The van der Waals surface area contributed by atoms with Crippen LogP contribution >= 0.6 is 0 Å². The van der Waals surface area contributed by atoms with Crippen LogP contribution in [0.5, 0.6) is 0 Å². The number of ether oxygens (including phenoxy) is 1. The van der Waals surface area contributed by atoms with Gasteiger partial charge in [-0.05, 0) is 55.4 Å². The number of benzene rings is 2. The van der Waals surface area contributed by atoms with Gasteiger partial charge in [-0.3, -0.25) is 9.59 Å². The molecule has 1 aliphatic heterocycles. The van der Waals surface area contributed by atoms with Gasteiger partial charge >= 0.3 is 12.1 Å². The molecule has 7 heteroatoms. The third kappa shape index (κ3) is 4.27. The van der Waals surface area contributed by atoms with Crippen LogP contribution in [0.15, 0.2) is 48.5 Å². The van der Waals surface area contributed by atoms with Crippen molar-refractivity contribution >= 4 is 18.0 Å². The number of carboxylic acid groups (broad SMARTS) is 1. The second kappa shape index (κ2) is 9.49. The molecular formula is C27H32N2O5. The van der Waals surface area contributed by atoms with Crippen LogP contribution in [0.25, 0.3) is 11.1 Å². The topological polar surface area (TPSA) is 95.9 Å². The lowest BCUT2D eigenvalue weighted by molar-refractivity contribution is -0.151. The van der Waals surface area contributed by atoms with Crippen LogP contribution < -0.4 is 5.32 Å². The number of piperidine rings is 1. The zero-order valence-corrected chi connectivity index (χ0v) is 19.9. The first-order valence-electron chi connectivity index (χ1n) is 11.9. The smallest absolute Gasteiger partial charge is 0.408 e. The number of aliphatic carboxylic acids is 1. The molecule has 180 valence electrons. The minimum Gasteiger partial charge on any atom is -0.481 e. The van der Waals surface area contributed by atoms with Gasteiger partial charge in [0.25, 0.3) is 0 Å². The van der Waals surface area contributed by atoms with Crippen molar-refractivity contribution < 1.29 is 24.2 Å². The van der Waals surface area contributed by atoms with Gasteiger partial charge in [0, 0.05) is 18.5 Å². The van der Waals surface area contributed by atoms with Crippen molar-refractivity contribution in [3.63, 3.8) is 0 Å². The van der Waals surface area contributed by atoms with Crippen LogP contribution in [-0.2, 0) is 14.3 Å². The molecule has 2 N–H and O–H groups in total. The Bertz CT molecular complexity index is 1050. The number of amides is 2. The van der Waals surface area contributed by atoms with E-state index in [1.165, 1.54) is 0 Å². The molecule has 1 saturated heterocycles. The molecule has 0 saturated carbocycles. The lowest BCUT2D eigenvalue weighted by Gasteiger charge is -2.42. The minimum absolute atomic E-state index is 0.0693. The lowest BCUT2D eigenvalue weighted by atomic mass is 9.87. The molecule has 2 amide bonds. The molecule has 1 heterocycles. The molecular weight excluding hydrogens is 432 g/mol. The van der Waals surface area contributed by atoms with Crippen molar-refractivity contribution in [3.8, 4) is 11.1 Å². The van der Waals surface area contributed by atoms with E-state index in [4.69, 9.17) is 4.74 Å². The maximum atomic E-state index is 13.4. The monoisotopic (exact) mass is 464 g/mol. The lowest BCUT2D eigenvalue weighted by Crippen LogP contribution is -2.61. The van der Waals surface area contributed by atoms with Gasteiger partial charge in [-0.2, -0.15) is 0 Å². The third-order valence-electron chi connectivity index (χ3n) is 7.47. The Morgan fingerprint density at radius 2 is 1.68 bits per heavy atom. The Kier molecular flexibility index (Phi) is 6.64. The van der Waals surface area contributed by atoms with Gasteiger partial charge in [0.15, 0.2) is 0 Å². The maximum Gasteiger partial charge on any atom is 0.408 e. The number of nitrogens with zero attached hydrogens (tertiary/aromatic N) is 1. The number of fused-ring (bicyclic) bond motifs is 3. The van der Waals surface area contributed by atoms with E-state index in [0.717, 1.165) is 22.3 Å². The summed E-state index contributed by atoms with van der Waals surface area (Å²) in [4.78, 5) is 39.4. The number of alkyl carbamates (subject to hydrolysis) is 1. The van der Waals surface area contributed by atoms with E-state index < -0.39 is 29.6 Å². The van der Waals surface area contributed by atoms with Crippen LogP contribution in [0.2, 0.25) is 0 Å². The summed E-state index contributed by atoms with van der Waals surface area (Å²) < 4.78 is 5.65. The fraction of sp³-hybridized carbons (Fsp3) is 0.444. The third-order valence-corrected chi connectivity index (χ3v) is 7.47. The summed E-state index contributed by atoms with van der Waals surface area (Å²) in [6.45, 7) is 5.90. The predicted octanol–water partition coefficient (Wildman–Crippen LogP) is 4.41. The molecule has 0 spiro atoms. The summed E-state index contributed by atoms with van der Waals surface area (Å²) in [6, 6.07) is 15.8. The van der Waals surface area contributed by atoms with E-state index in [1.54, 1.807) is 18.7 Å². The molecule has 0 bridgehead atoms. The quantitative estimate of drug-likeness (QED) is 0.660. The highest BCUT2D eigenvalue weighted by molar-refractivity contribution is 5.90. The first-order chi connectivity index (χ1) is 16.3. The zero-order valence-electron chi connectivity index (χ0n) is 19.9. The molecule has 3 atom stereocenters. The molecule has 7 nitrogen and oxygen atoms in total. The molecule has 0 aromatic heterocycles. The van der Waals surface area contributed by atoms with E-state index in [2.05, 4.69) is 29.6 Å². The second-order valence-electron chi connectivity index (χ2n) is 9.46. The van der Waals surface area contributed by atoms with E-state index in [-0.39, 0.29) is 18.4 Å². The number of carboxylic acids is 1. The maximum absolute atomic E-state index is 13.4. The van der Waals surface area contributed by atoms with E-state index >= 15 is 0 Å². The highest BCUT2D eigenvalue weighted by atomic mass is 16.5. The fourth-order valence-electron chi connectivity index (χ4n) is 5.23. The number of nitrogens with one attached hydrogen (secondary N) is 1. The fourth-order valence-corrected chi connectivity index (χ4v) is 5.23. The van der Waals surface area contributed by atoms with Crippen LogP contribution in [-0.4, -0.2) is 52.7 Å². The average Bonchev–Trinajstić information content (AvgIpc) is 3.16. The summed E-state index contributed by atoms with van der Waals surface area (Å²) in [6.07, 6.45) is 0.872. The normalized spacial score (nSPS) is 21.2. The summed E-state index contributed by atoms with van der Waals surface area (Å²) in [7, 11) is 0. The molecule has 2 aromatic carbocycles. The number of hydrogen-bond donors (Lipinski definition) is 2. The molecule has 1 aliphatic carbocycles. The zero-order chi connectivity index (χ0) is 24.5. The van der Waals surface area contributed by atoms with Crippen molar-refractivity contribution in [3.05, 3.63) is 59.7 Å². The molecule has 34 heavy (non-hydrogen) atoms. The van der Waals surface area contributed by atoms with Crippen LogP contribution in [0, 0.1) is 5.92 Å². The van der Waals surface area contributed by atoms with Crippen LogP contribution in [0.4, 0.5) is 4.79 Å². The van der Waals surface area contributed by atoms with E-state index in [9.17, 15) is 19.5 Å². The predicted molar refractivity (Wildman–Crippen MR) is 128 cm³/mol. The Labute approximate surface area is 200 Å². The van der Waals surface area contributed by atoms with Crippen molar-refractivity contribution in [2.75, 3.05) is 13.2 Å². The molecule has 1 fully saturated rings. The number of carbonyl (C=O) groups excluding carboxylic acids is 2. The Balaban J connectivity index is 1.45. The van der Waals surface area contributed by atoms with Crippen molar-refractivity contribution in [1.82, 2.24) is 10.2 Å². The van der Waals surface area contributed by atoms with Crippen LogP contribution in [0.3, 0.4) is 0 Å². The summed E-state index contributed by atoms with van der Waals surface area (Å²) in [5, 5.41) is 12.3. The Morgan fingerprint density at radius 3 is 2.24 bits per heavy atom. The van der Waals surface area contributed by atoms with Crippen molar-refractivity contribution in [2.24, 2.45) is 5.92 Å². The highest BCUT2D eigenvalue weighted by Gasteiger charge is 2.43. The molecule has 2 aliphatic rings. The SMILES string of the molecule is CCC(C)(NC(=O)OCC1c2ccccc2-c2ccccc21)C(=O)N1CCC[C@@H](C(=O)O)[C@H]1C. The largest absolute Gasteiger partial charge is 0.481 e. The molecule has 1 unspecified atom stereocenters. The second-order valence-corrected chi connectivity index (χ2v) is 9.46. The van der Waals surface area contributed by atoms with Gasteiger partial charge in [0.2, 0.25) is 5.91 Å². The first kappa shape index (κ1) is 23.8. The van der Waals surface area contributed by atoms with Gasteiger partial charge < -0.3 is 20.1 Å². The van der Waals surface area contributed by atoms with Crippen molar-refractivity contribution in [2.45, 2.75) is 57.5 Å². The van der Waals surface area contributed by atoms with Gasteiger partial charge in [0.05, 0.1) is 5.92 Å². The van der Waals surface area contributed by atoms with Crippen LogP contribution in [0.1, 0.15) is 57.1 Å². The van der Waals surface area contributed by atoms with Gasteiger partial charge in [-0.1, -0.05) is 55.5 Å². The Morgan fingerprint density at radius 1 is 1.09 bits per heavy atom. The van der Waals surface area contributed by atoms with E-state index in [0.29, 0.717) is 25.8 Å². The molecule has 4 rings (SSSR count). The number of hydrogen-bond acceptors (Lipinski definition) is 4. The summed E-state index contributed by atoms with van der Waals surface area (Å²) in [5.74, 6) is -1.84. The number of rotatable bonds is 6. The van der Waals surface area contributed by atoms with E-state index in [1.807, 2.05) is 31.2 Å². The first-order valence-corrected chi connectivity index (χ1v) is 11.9. The average molecular weight is 465 g/mol. The van der Waals surface area contributed by atoms with Crippen molar-refractivity contribution in [1.29, 1.82) is 0 Å². The standard InChI is InChI=1S/C27H32N2O5/c1-4-27(3,25(32)29-15-9-14-18(17(29)2)24(30)31)28-26(33)34-16-23-21-12-7-5-10-19(21)20-11-6-8-13-22(20)23/h5-8,10-13,17-18,23H,4,9,14-16H2,1-3H3,(H,28,33)(H,30,31)/t17-,18-,27?/m1/s1. The molecule has 2 aromatic rings.